The van der Waals surface area contributed by atoms with Gasteiger partial charge in [0.15, 0.2) is 12.4 Å². The van der Waals surface area contributed by atoms with Crippen LogP contribution in [0.3, 0.4) is 0 Å². The summed E-state index contributed by atoms with van der Waals surface area (Å²) in [4.78, 5) is 37.4. The van der Waals surface area contributed by atoms with E-state index >= 15 is 0 Å². The van der Waals surface area contributed by atoms with Gasteiger partial charge in [0, 0.05) is 12.8 Å². The van der Waals surface area contributed by atoms with E-state index in [0.717, 1.165) is 89.9 Å². The Morgan fingerprint density at radius 2 is 0.731 bits per heavy atom. The number of unbranched alkanes of at least 4 members (excludes halogenated alkanes) is 30. The van der Waals surface area contributed by atoms with Crippen molar-refractivity contribution in [2.24, 2.45) is 0 Å². The van der Waals surface area contributed by atoms with Gasteiger partial charge in [0.05, 0.1) is 40.3 Å². The van der Waals surface area contributed by atoms with Gasteiger partial charge in [-0.15, -0.1) is 0 Å². The van der Waals surface area contributed by atoms with Crippen LogP contribution in [0.4, 0.5) is 0 Å². The molecule has 0 N–H and O–H groups in total. The number of rotatable bonds is 59. The molecule has 0 bridgehead atoms. The summed E-state index contributed by atoms with van der Waals surface area (Å²) in [7, 11) is 5.93. The summed E-state index contributed by atoms with van der Waals surface area (Å²) in [5.41, 5.74) is 0. The van der Waals surface area contributed by atoms with Crippen LogP contribution in [0, 0.1) is 0 Å². The fraction of sp³-hybridized carbons (Fsp3) is 0.754. The second-order valence-electron chi connectivity index (χ2n) is 22.7. The lowest BCUT2D eigenvalue weighted by Gasteiger charge is -2.26. The first kappa shape index (κ1) is 74.5. The van der Waals surface area contributed by atoms with E-state index in [1.807, 2.05) is 21.1 Å². The topological polar surface area (TPSA) is 111 Å². The molecule has 0 amide bonds. The molecule has 2 atom stereocenters. The lowest BCUT2D eigenvalue weighted by atomic mass is 10.0. The van der Waals surface area contributed by atoms with Gasteiger partial charge in [-0.25, -0.2) is 0 Å². The van der Waals surface area contributed by atoms with Crippen molar-refractivity contribution in [2.45, 2.75) is 289 Å². The van der Waals surface area contributed by atoms with E-state index in [4.69, 9.17) is 18.9 Å². The van der Waals surface area contributed by atoms with E-state index in [2.05, 4.69) is 98.9 Å². The molecule has 0 spiro atoms. The van der Waals surface area contributed by atoms with Crippen LogP contribution in [0.2, 0.25) is 0 Å². The van der Waals surface area contributed by atoms with Crippen molar-refractivity contribution in [3.05, 3.63) is 85.1 Å². The number of allylic oxidation sites excluding steroid dienone is 14. The normalized spacial score (nSPS) is 13.3. The molecule has 78 heavy (non-hydrogen) atoms. The number of ether oxygens (including phenoxy) is 4. The number of carboxylic acids is 1. The number of hydrogen-bond acceptors (Lipinski definition) is 8. The third-order valence-corrected chi connectivity index (χ3v) is 13.9. The Kier molecular flexibility index (Phi) is 56.9. The van der Waals surface area contributed by atoms with Crippen LogP contribution in [0.1, 0.15) is 277 Å². The Bertz CT molecular complexity index is 1550. The van der Waals surface area contributed by atoms with Crippen LogP contribution in [0.15, 0.2) is 85.1 Å². The molecular formula is C69H121NO8. The van der Waals surface area contributed by atoms with Crippen molar-refractivity contribution in [1.29, 1.82) is 0 Å². The lowest BCUT2D eigenvalue weighted by Crippen LogP contribution is -2.44. The summed E-state index contributed by atoms with van der Waals surface area (Å²) < 4.78 is 22.8. The highest BCUT2D eigenvalue weighted by Crippen LogP contribution is 2.17. The molecule has 0 saturated carbocycles. The number of aliphatic carboxylic acids is 1. The summed E-state index contributed by atoms with van der Waals surface area (Å²) in [5.74, 6) is -2.28. The summed E-state index contributed by atoms with van der Waals surface area (Å²) in [6.07, 6.45) is 76.4. The maximum absolute atomic E-state index is 12.9. The van der Waals surface area contributed by atoms with Gasteiger partial charge in [-0.2, -0.15) is 0 Å². The zero-order valence-corrected chi connectivity index (χ0v) is 51.3. The van der Waals surface area contributed by atoms with Gasteiger partial charge in [-0.05, 0) is 70.6 Å². The number of nitrogens with zero attached hydrogens (tertiary/aromatic N) is 1. The maximum Gasteiger partial charge on any atom is 0.306 e. The summed E-state index contributed by atoms with van der Waals surface area (Å²) >= 11 is 0. The second kappa shape index (κ2) is 59.6. The van der Waals surface area contributed by atoms with Gasteiger partial charge in [0.25, 0.3) is 0 Å². The van der Waals surface area contributed by atoms with Gasteiger partial charge >= 0.3 is 11.9 Å². The summed E-state index contributed by atoms with van der Waals surface area (Å²) in [6.45, 7) is 4.66. The van der Waals surface area contributed by atoms with E-state index in [0.29, 0.717) is 23.9 Å². The molecule has 0 aliphatic heterocycles. The molecule has 0 aromatic heterocycles. The van der Waals surface area contributed by atoms with Gasteiger partial charge in [-0.3, -0.25) is 9.59 Å². The van der Waals surface area contributed by atoms with Crippen molar-refractivity contribution in [1.82, 2.24) is 0 Å². The lowest BCUT2D eigenvalue weighted by molar-refractivity contribution is -0.870. The first-order valence-electron chi connectivity index (χ1n) is 32.2. The molecule has 0 saturated heterocycles. The van der Waals surface area contributed by atoms with Crippen LogP contribution in [-0.2, 0) is 33.3 Å². The predicted octanol–water partition coefficient (Wildman–Crippen LogP) is 18.2. The van der Waals surface area contributed by atoms with E-state index in [9.17, 15) is 19.5 Å². The quantitative estimate of drug-likeness (QED) is 0.0195. The van der Waals surface area contributed by atoms with Gasteiger partial charge in [0.1, 0.15) is 13.2 Å². The molecule has 0 heterocycles. The van der Waals surface area contributed by atoms with Crippen LogP contribution >= 0.6 is 0 Å². The molecule has 0 aliphatic rings. The minimum absolute atomic E-state index is 0.144. The largest absolute Gasteiger partial charge is 0.545 e. The minimum Gasteiger partial charge on any atom is -0.545 e. The van der Waals surface area contributed by atoms with Crippen molar-refractivity contribution in [2.75, 3.05) is 47.5 Å². The van der Waals surface area contributed by atoms with Crippen LogP contribution < -0.4 is 5.11 Å². The van der Waals surface area contributed by atoms with Crippen LogP contribution in [-0.4, -0.2) is 82.3 Å². The third kappa shape index (κ3) is 60.1. The van der Waals surface area contributed by atoms with Gasteiger partial charge < -0.3 is 33.3 Å². The third-order valence-electron chi connectivity index (χ3n) is 13.9. The molecule has 450 valence electrons. The molecule has 0 radical (unpaired) electrons. The highest BCUT2D eigenvalue weighted by atomic mass is 16.7. The van der Waals surface area contributed by atoms with E-state index in [-0.39, 0.29) is 32.2 Å². The molecule has 0 aromatic carbocycles. The Hall–Kier alpha value is -3.53. The number of carboxylic acid groups (broad SMARTS) is 1. The van der Waals surface area contributed by atoms with E-state index < -0.39 is 24.3 Å². The number of esters is 2. The zero-order valence-electron chi connectivity index (χ0n) is 51.3. The van der Waals surface area contributed by atoms with Crippen molar-refractivity contribution in [3.8, 4) is 0 Å². The number of carbonyl (C=O) groups excluding carboxylic acids is 3. The highest BCUT2D eigenvalue weighted by Gasteiger charge is 2.22. The standard InChI is InChI=1S/C69H121NO8/c1-6-8-10-12-14-16-18-20-22-24-26-28-30-31-32-33-34-35-36-37-38-40-42-44-46-48-50-52-54-56-58-60-67(72)78-65(64-77-69(68(73)74)75-62-61-70(3,4)5)63-76-66(71)59-57-55-53-51-49-47-45-43-41-39-29-27-25-23-21-19-17-15-13-11-9-7-2/h8,10,14,16,20,22,26,28,31-32,34-35,37-38,65,69H,6-7,9,11-13,15,17-19,21,23-25,27,29-30,33,36,39-64H2,1-5H3/b10-8-,16-14-,22-20-,28-26-,32-31-,35-34-,38-37-. The average Bonchev–Trinajstić information content (AvgIpc) is 3.41. The van der Waals surface area contributed by atoms with Crippen molar-refractivity contribution in [3.63, 3.8) is 0 Å². The molecular weight excluding hydrogens is 971 g/mol. The highest BCUT2D eigenvalue weighted by molar-refractivity contribution is 5.70. The number of hydrogen-bond donors (Lipinski definition) is 0. The Balaban J connectivity index is 4.20. The molecule has 9 nitrogen and oxygen atoms in total. The fourth-order valence-electron chi connectivity index (χ4n) is 8.99. The fourth-order valence-corrected chi connectivity index (χ4v) is 8.99. The maximum atomic E-state index is 12.9. The van der Waals surface area contributed by atoms with Crippen LogP contribution in [0.5, 0.6) is 0 Å². The summed E-state index contributed by atoms with van der Waals surface area (Å²) in [6, 6.07) is 0. The number of carbonyl (C=O) groups is 3. The first-order chi connectivity index (χ1) is 38.1. The van der Waals surface area contributed by atoms with E-state index in [1.165, 1.54) is 154 Å². The van der Waals surface area contributed by atoms with Gasteiger partial charge in [0.2, 0.25) is 0 Å². The van der Waals surface area contributed by atoms with E-state index in [1.54, 1.807) is 0 Å². The predicted molar refractivity (Wildman–Crippen MR) is 329 cm³/mol. The number of likely N-dealkylation sites (N-methyl/N-ethyl adjacent to an activating group) is 1. The second-order valence-corrected chi connectivity index (χ2v) is 22.7. The molecule has 0 fully saturated rings. The average molecular weight is 1090 g/mol. The zero-order chi connectivity index (χ0) is 56.9. The monoisotopic (exact) mass is 1090 g/mol. The molecule has 2 unspecified atom stereocenters. The molecule has 0 rings (SSSR count). The SMILES string of the molecule is CC/C=C\C/C=C\C/C=C\C/C=C\C/C=C\C/C=C\C/C=C\CCCCCCCCCCCC(=O)OC(COC(=O)CCCCCCCCCCCCCCCCCCCCCCCC)COC(OCC[N+](C)(C)C)C(=O)[O-]. The molecule has 0 aromatic rings. The van der Waals surface area contributed by atoms with Crippen molar-refractivity contribution < 1.29 is 42.9 Å². The molecule has 9 heteroatoms. The van der Waals surface area contributed by atoms with Crippen molar-refractivity contribution >= 4 is 17.9 Å². The number of quaternary nitrogens is 1. The minimum atomic E-state index is -1.63. The first-order valence-corrected chi connectivity index (χ1v) is 32.2. The molecule has 0 aliphatic carbocycles. The Morgan fingerprint density at radius 1 is 0.397 bits per heavy atom. The summed E-state index contributed by atoms with van der Waals surface area (Å²) in [5, 5.41) is 11.8. The smallest absolute Gasteiger partial charge is 0.306 e. The Labute approximate surface area is 480 Å². The Morgan fingerprint density at radius 3 is 1.09 bits per heavy atom. The van der Waals surface area contributed by atoms with Gasteiger partial charge in [-0.1, -0.05) is 279 Å². The van der Waals surface area contributed by atoms with Crippen LogP contribution in [0.25, 0.3) is 0 Å².